The van der Waals surface area contributed by atoms with Gasteiger partial charge in [-0.05, 0) is 49.6 Å². The van der Waals surface area contributed by atoms with Crippen LogP contribution in [0.2, 0.25) is 0 Å². The van der Waals surface area contributed by atoms with E-state index in [9.17, 15) is 4.79 Å². The lowest BCUT2D eigenvalue weighted by Gasteiger charge is -2.21. The zero-order valence-corrected chi connectivity index (χ0v) is 16.0. The number of hydrogen-bond donors (Lipinski definition) is 1. The molecule has 3 aromatic rings. The second kappa shape index (κ2) is 7.76. The van der Waals surface area contributed by atoms with Crippen LogP contribution in [0.25, 0.3) is 11.3 Å². The van der Waals surface area contributed by atoms with Crippen LogP contribution in [0.4, 0.5) is 10.5 Å². The highest BCUT2D eigenvalue weighted by Gasteiger charge is 2.33. The maximum atomic E-state index is 12.8. The van der Waals surface area contributed by atoms with Crippen molar-refractivity contribution in [3.8, 4) is 17.1 Å². The highest BCUT2D eigenvalue weighted by molar-refractivity contribution is 5.89. The van der Waals surface area contributed by atoms with Gasteiger partial charge in [-0.2, -0.15) is 0 Å². The number of nitrogens with zero attached hydrogens (tertiary/aromatic N) is 2. The van der Waals surface area contributed by atoms with Crippen molar-refractivity contribution < 1.29 is 14.1 Å². The molecule has 0 spiro atoms. The third kappa shape index (κ3) is 4.01. The van der Waals surface area contributed by atoms with Gasteiger partial charge in [-0.3, -0.25) is 0 Å². The Balaban J connectivity index is 1.50. The molecule has 1 aromatic heterocycles. The molecular formula is C22H23N3O3. The molecule has 1 aliphatic rings. The Bertz CT molecular complexity index is 978. The molecule has 1 aliphatic carbocycles. The number of amides is 2. The number of ether oxygens (including phenoxy) is 1. The van der Waals surface area contributed by atoms with Crippen molar-refractivity contribution in [1.82, 2.24) is 10.1 Å². The van der Waals surface area contributed by atoms with E-state index in [1.807, 2.05) is 66.4 Å². The fourth-order valence-electron chi connectivity index (χ4n) is 3.21. The van der Waals surface area contributed by atoms with Crippen LogP contribution in [-0.4, -0.2) is 29.2 Å². The van der Waals surface area contributed by atoms with E-state index in [1.54, 1.807) is 7.11 Å². The minimum absolute atomic E-state index is 0.116. The van der Waals surface area contributed by atoms with Crippen LogP contribution >= 0.6 is 0 Å². The van der Waals surface area contributed by atoms with E-state index < -0.39 is 0 Å². The summed E-state index contributed by atoms with van der Waals surface area (Å²) >= 11 is 0. The minimum atomic E-state index is -0.116. The number of rotatable bonds is 6. The number of nitrogens with one attached hydrogen (secondary N) is 1. The molecule has 6 heteroatoms. The molecule has 1 N–H and O–H groups in total. The van der Waals surface area contributed by atoms with E-state index in [0.717, 1.165) is 35.4 Å². The molecule has 144 valence electrons. The van der Waals surface area contributed by atoms with Gasteiger partial charge in [0.15, 0.2) is 5.76 Å². The number of carbonyl (C=O) groups is 1. The third-order valence-corrected chi connectivity index (χ3v) is 4.78. The Morgan fingerprint density at radius 2 is 2.04 bits per heavy atom. The number of hydrogen-bond acceptors (Lipinski definition) is 4. The number of para-hydroxylation sites is 1. The quantitative estimate of drug-likeness (QED) is 0.666. The third-order valence-electron chi connectivity index (χ3n) is 4.78. The summed E-state index contributed by atoms with van der Waals surface area (Å²) in [5, 5.41) is 7.16. The van der Waals surface area contributed by atoms with Gasteiger partial charge in [-0.15, -0.1) is 0 Å². The first-order valence-electron chi connectivity index (χ1n) is 9.37. The molecule has 6 nitrogen and oxygen atoms in total. The van der Waals surface area contributed by atoms with Crippen LogP contribution < -0.4 is 10.1 Å². The van der Waals surface area contributed by atoms with Gasteiger partial charge in [0.25, 0.3) is 0 Å². The summed E-state index contributed by atoms with van der Waals surface area (Å²) in [6.45, 7) is 2.41. The lowest BCUT2D eigenvalue weighted by atomic mass is 10.1. The number of anilines is 1. The fourth-order valence-corrected chi connectivity index (χ4v) is 3.21. The van der Waals surface area contributed by atoms with Crippen molar-refractivity contribution in [3.63, 3.8) is 0 Å². The molecule has 0 aliphatic heterocycles. The first-order valence-corrected chi connectivity index (χ1v) is 9.37. The molecule has 0 radical (unpaired) electrons. The van der Waals surface area contributed by atoms with E-state index in [0.29, 0.717) is 18.0 Å². The Hall–Kier alpha value is -3.28. The van der Waals surface area contributed by atoms with Crippen molar-refractivity contribution in [2.24, 2.45) is 0 Å². The summed E-state index contributed by atoms with van der Waals surface area (Å²) in [4.78, 5) is 14.6. The molecule has 2 aromatic carbocycles. The van der Waals surface area contributed by atoms with E-state index in [2.05, 4.69) is 10.5 Å². The fraction of sp³-hybridized carbons (Fsp3) is 0.273. The number of urea groups is 1. The first-order chi connectivity index (χ1) is 13.6. The van der Waals surface area contributed by atoms with E-state index in [-0.39, 0.29) is 12.1 Å². The predicted molar refractivity (Wildman–Crippen MR) is 107 cm³/mol. The minimum Gasteiger partial charge on any atom is -0.496 e. The lowest BCUT2D eigenvalue weighted by molar-refractivity contribution is 0.204. The van der Waals surface area contributed by atoms with Crippen LogP contribution in [0.3, 0.4) is 0 Å². The molecule has 1 fully saturated rings. The standard InChI is InChI=1S/C22H23N3O3/c1-15-6-5-7-16(12-15)23-22(26)25(18-10-11-18)14-17-13-21(28-24-17)19-8-3-4-9-20(19)27-2/h3-9,12-13,18H,10-11,14H2,1-2H3,(H,23,26). The van der Waals surface area contributed by atoms with Gasteiger partial charge in [0.1, 0.15) is 11.4 Å². The highest BCUT2D eigenvalue weighted by Crippen LogP contribution is 2.32. The van der Waals surface area contributed by atoms with Gasteiger partial charge in [0, 0.05) is 17.8 Å². The predicted octanol–water partition coefficient (Wildman–Crippen LogP) is 4.86. The zero-order valence-electron chi connectivity index (χ0n) is 16.0. The van der Waals surface area contributed by atoms with Crippen LogP contribution in [-0.2, 0) is 6.54 Å². The molecule has 0 bridgehead atoms. The molecule has 1 saturated carbocycles. The van der Waals surface area contributed by atoms with Gasteiger partial charge in [-0.1, -0.05) is 29.4 Å². The Labute approximate surface area is 164 Å². The van der Waals surface area contributed by atoms with Gasteiger partial charge >= 0.3 is 6.03 Å². The molecule has 4 rings (SSSR count). The van der Waals surface area contributed by atoms with Crippen molar-refractivity contribution in [1.29, 1.82) is 0 Å². The Morgan fingerprint density at radius 3 is 2.79 bits per heavy atom. The average molecular weight is 377 g/mol. The Kier molecular flexibility index (Phi) is 5.02. The summed E-state index contributed by atoms with van der Waals surface area (Å²) in [6.07, 6.45) is 2.02. The largest absolute Gasteiger partial charge is 0.496 e. The normalized spacial score (nSPS) is 13.2. The van der Waals surface area contributed by atoms with E-state index in [4.69, 9.17) is 9.26 Å². The highest BCUT2D eigenvalue weighted by atomic mass is 16.5. The second-order valence-corrected chi connectivity index (χ2v) is 7.04. The average Bonchev–Trinajstić information content (AvgIpc) is 3.43. The lowest BCUT2D eigenvalue weighted by Crippen LogP contribution is -2.36. The van der Waals surface area contributed by atoms with Crippen molar-refractivity contribution >= 4 is 11.7 Å². The summed E-state index contributed by atoms with van der Waals surface area (Å²) in [5.74, 6) is 1.35. The van der Waals surface area contributed by atoms with Gasteiger partial charge in [-0.25, -0.2) is 4.79 Å². The zero-order chi connectivity index (χ0) is 19.5. The molecule has 0 atom stereocenters. The molecular weight excluding hydrogens is 354 g/mol. The SMILES string of the molecule is COc1ccccc1-c1cc(CN(C(=O)Nc2cccc(C)c2)C2CC2)no1. The summed E-state index contributed by atoms with van der Waals surface area (Å²) in [6, 6.07) is 17.4. The summed E-state index contributed by atoms with van der Waals surface area (Å²) < 4.78 is 10.9. The van der Waals surface area contributed by atoms with Gasteiger partial charge < -0.3 is 19.5 Å². The molecule has 0 saturated heterocycles. The smallest absolute Gasteiger partial charge is 0.322 e. The number of methoxy groups -OCH3 is 1. The van der Waals surface area contributed by atoms with Crippen molar-refractivity contribution in [2.75, 3.05) is 12.4 Å². The van der Waals surface area contributed by atoms with E-state index in [1.165, 1.54) is 0 Å². The molecule has 28 heavy (non-hydrogen) atoms. The topological polar surface area (TPSA) is 67.6 Å². The summed E-state index contributed by atoms with van der Waals surface area (Å²) in [5.41, 5.74) is 3.46. The van der Waals surface area contributed by atoms with Gasteiger partial charge in [0.2, 0.25) is 0 Å². The van der Waals surface area contributed by atoms with Crippen LogP contribution in [0.1, 0.15) is 24.1 Å². The van der Waals surface area contributed by atoms with Gasteiger partial charge in [0.05, 0.1) is 19.2 Å². The molecule has 2 amide bonds. The molecule has 0 unspecified atom stereocenters. The van der Waals surface area contributed by atoms with Crippen LogP contribution in [0, 0.1) is 6.92 Å². The van der Waals surface area contributed by atoms with Crippen LogP contribution in [0.5, 0.6) is 5.75 Å². The number of aryl methyl sites for hydroxylation is 1. The second-order valence-electron chi connectivity index (χ2n) is 7.04. The number of carbonyl (C=O) groups excluding carboxylic acids is 1. The van der Waals surface area contributed by atoms with E-state index >= 15 is 0 Å². The maximum absolute atomic E-state index is 12.8. The summed E-state index contributed by atoms with van der Waals surface area (Å²) in [7, 11) is 1.63. The molecule has 1 heterocycles. The van der Waals surface area contributed by atoms with Crippen molar-refractivity contribution in [2.45, 2.75) is 32.4 Å². The monoisotopic (exact) mass is 377 g/mol. The van der Waals surface area contributed by atoms with Crippen LogP contribution in [0.15, 0.2) is 59.1 Å². The Morgan fingerprint density at radius 1 is 1.21 bits per heavy atom. The number of aromatic nitrogens is 1. The first kappa shape index (κ1) is 18.1. The van der Waals surface area contributed by atoms with Crippen molar-refractivity contribution in [3.05, 3.63) is 65.9 Å². The number of benzene rings is 2. The maximum Gasteiger partial charge on any atom is 0.322 e.